The number of hydrazone groups is 1. The predicted molar refractivity (Wildman–Crippen MR) is 140 cm³/mol. The Kier molecular flexibility index (Phi) is 6.89. The largest absolute Gasteiger partial charge is 0.494 e. The van der Waals surface area contributed by atoms with Gasteiger partial charge >= 0.3 is 5.97 Å². The van der Waals surface area contributed by atoms with Crippen LogP contribution in [0.5, 0.6) is 5.75 Å². The van der Waals surface area contributed by atoms with E-state index in [1.54, 1.807) is 12.4 Å². The van der Waals surface area contributed by atoms with Crippen molar-refractivity contribution in [1.82, 2.24) is 15.0 Å². The number of hydrogen-bond donors (Lipinski definition) is 1. The number of benzene rings is 3. The number of fused-ring (bicyclic) bond motifs is 1. The molecule has 0 saturated heterocycles. The molecule has 8 nitrogen and oxygen atoms in total. The van der Waals surface area contributed by atoms with Gasteiger partial charge in [-0.1, -0.05) is 42.5 Å². The second kappa shape index (κ2) is 10.6. The van der Waals surface area contributed by atoms with Crippen molar-refractivity contribution in [2.45, 2.75) is 32.2 Å². The minimum atomic E-state index is -1.01. The molecule has 37 heavy (non-hydrogen) atoms. The zero-order valence-electron chi connectivity index (χ0n) is 20.4. The molecular weight excluding hydrogens is 468 g/mol. The number of hydrogen-bond acceptors (Lipinski definition) is 6. The summed E-state index contributed by atoms with van der Waals surface area (Å²) in [5, 5.41) is 15.2. The van der Waals surface area contributed by atoms with Gasteiger partial charge in [-0.05, 0) is 53.4 Å². The minimum absolute atomic E-state index is 0.118. The zero-order valence-corrected chi connectivity index (χ0v) is 20.4. The van der Waals surface area contributed by atoms with Crippen LogP contribution in [-0.2, 0) is 9.59 Å². The average Bonchev–Trinajstić information content (AvgIpc) is 3.38. The first-order valence-corrected chi connectivity index (χ1v) is 12.2. The molecule has 1 aliphatic rings. The fraction of sp³-hybridized carbons (Fsp3) is 0.207. The Hall–Kier alpha value is -4.59. The summed E-state index contributed by atoms with van der Waals surface area (Å²) in [6.45, 7) is 2.58. The SMILES string of the molecule is CCOc1ccc(-c2ccc(C3=NN(C(=O)CCC(=O)O)C(c4ccc5nccnc5c4)C3)cc2)cc1. The van der Waals surface area contributed by atoms with Crippen molar-refractivity contribution < 1.29 is 19.4 Å². The normalized spacial score (nSPS) is 15.0. The Morgan fingerprint density at radius 2 is 1.54 bits per heavy atom. The van der Waals surface area contributed by atoms with Gasteiger partial charge in [-0.25, -0.2) is 5.01 Å². The van der Waals surface area contributed by atoms with E-state index in [1.165, 1.54) is 5.01 Å². The molecule has 8 heteroatoms. The molecule has 2 heterocycles. The number of carboxylic acid groups (broad SMARTS) is 1. The standard InChI is InChI=1S/C29H26N4O4/c1-2-37-23-10-7-20(8-11-23)19-3-5-21(6-4-19)25-18-27(33(32-25)28(34)13-14-29(35)36)22-9-12-24-26(17-22)31-16-15-30-24/h3-12,15-17,27H,2,13-14,18H2,1H3,(H,35,36). The number of carbonyl (C=O) groups is 2. The summed E-state index contributed by atoms with van der Waals surface area (Å²) in [4.78, 5) is 32.8. The topological polar surface area (TPSA) is 105 Å². The second-order valence-electron chi connectivity index (χ2n) is 8.74. The summed E-state index contributed by atoms with van der Waals surface area (Å²) in [5.41, 5.74) is 6.18. The Labute approximate surface area is 214 Å². The van der Waals surface area contributed by atoms with Gasteiger partial charge in [0.05, 0.1) is 35.8 Å². The van der Waals surface area contributed by atoms with Crippen LogP contribution in [0.1, 0.15) is 43.4 Å². The van der Waals surface area contributed by atoms with E-state index in [9.17, 15) is 9.59 Å². The zero-order chi connectivity index (χ0) is 25.8. The number of aromatic nitrogens is 2. The Bertz CT molecular complexity index is 1470. The minimum Gasteiger partial charge on any atom is -0.494 e. The molecule has 0 fully saturated rings. The maximum atomic E-state index is 13.0. The molecule has 0 saturated carbocycles. The molecule has 1 aromatic heterocycles. The number of nitrogens with zero attached hydrogens (tertiary/aromatic N) is 4. The first kappa shape index (κ1) is 24.1. The summed E-state index contributed by atoms with van der Waals surface area (Å²) in [6.07, 6.45) is 3.41. The van der Waals surface area contributed by atoms with Crippen molar-refractivity contribution >= 4 is 28.6 Å². The van der Waals surface area contributed by atoms with Gasteiger partial charge in [-0.15, -0.1) is 0 Å². The van der Waals surface area contributed by atoms with Crippen molar-refractivity contribution in [3.63, 3.8) is 0 Å². The lowest BCUT2D eigenvalue weighted by molar-refractivity contribution is -0.141. The van der Waals surface area contributed by atoms with Crippen molar-refractivity contribution in [2.24, 2.45) is 5.10 Å². The van der Waals surface area contributed by atoms with Crippen LogP contribution in [0.3, 0.4) is 0 Å². The first-order valence-electron chi connectivity index (χ1n) is 12.2. The van der Waals surface area contributed by atoms with Gasteiger partial charge in [0.15, 0.2) is 0 Å². The summed E-state index contributed by atoms with van der Waals surface area (Å²) in [7, 11) is 0. The highest BCUT2D eigenvalue weighted by Gasteiger charge is 2.33. The maximum Gasteiger partial charge on any atom is 0.303 e. The highest BCUT2D eigenvalue weighted by atomic mass is 16.5. The number of ether oxygens (including phenoxy) is 1. The number of carbonyl (C=O) groups excluding carboxylic acids is 1. The van der Waals surface area contributed by atoms with E-state index in [0.717, 1.165) is 44.7 Å². The van der Waals surface area contributed by atoms with Gasteiger partial charge in [0.25, 0.3) is 0 Å². The van der Waals surface area contributed by atoms with Crippen LogP contribution in [0.2, 0.25) is 0 Å². The number of carboxylic acids is 1. The predicted octanol–water partition coefficient (Wildman–Crippen LogP) is 5.24. The summed E-state index contributed by atoms with van der Waals surface area (Å²) >= 11 is 0. The van der Waals surface area contributed by atoms with Gasteiger partial charge in [-0.2, -0.15) is 5.10 Å². The van der Waals surface area contributed by atoms with Crippen molar-refractivity contribution in [1.29, 1.82) is 0 Å². The number of aliphatic carboxylic acids is 1. The van der Waals surface area contributed by atoms with Gasteiger partial charge in [0.2, 0.25) is 5.91 Å². The van der Waals surface area contributed by atoms with Crippen LogP contribution < -0.4 is 4.74 Å². The van der Waals surface area contributed by atoms with Crippen molar-refractivity contribution in [3.8, 4) is 16.9 Å². The fourth-order valence-corrected chi connectivity index (χ4v) is 4.46. The first-order chi connectivity index (χ1) is 18.0. The lowest BCUT2D eigenvalue weighted by Crippen LogP contribution is -2.27. The van der Waals surface area contributed by atoms with Crippen LogP contribution in [-0.4, -0.2) is 44.3 Å². The summed E-state index contributed by atoms with van der Waals surface area (Å²) < 4.78 is 5.53. The van der Waals surface area contributed by atoms with E-state index in [0.29, 0.717) is 13.0 Å². The third kappa shape index (κ3) is 5.33. The van der Waals surface area contributed by atoms with E-state index in [2.05, 4.69) is 15.1 Å². The summed E-state index contributed by atoms with van der Waals surface area (Å²) in [6, 6.07) is 21.4. The maximum absolute atomic E-state index is 13.0. The third-order valence-corrected chi connectivity index (χ3v) is 6.31. The van der Waals surface area contributed by atoms with Gasteiger partial charge in [-0.3, -0.25) is 19.6 Å². The van der Waals surface area contributed by atoms with Crippen LogP contribution >= 0.6 is 0 Å². The quantitative estimate of drug-likeness (QED) is 0.359. The second-order valence-corrected chi connectivity index (χ2v) is 8.74. The molecule has 1 unspecified atom stereocenters. The highest BCUT2D eigenvalue weighted by Crippen LogP contribution is 2.35. The highest BCUT2D eigenvalue weighted by molar-refractivity contribution is 6.03. The Morgan fingerprint density at radius 1 is 0.892 bits per heavy atom. The lowest BCUT2D eigenvalue weighted by atomic mass is 9.96. The molecule has 5 rings (SSSR count). The number of amides is 1. The van der Waals surface area contributed by atoms with Gasteiger partial charge < -0.3 is 9.84 Å². The third-order valence-electron chi connectivity index (χ3n) is 6.31. The van der Waals surface area contributed by atoms with E-state index in [-0.39, 0.29) is 24.8 Å². The van der Waals surface area contributed by atoms with E-state index in [1.807, 2.05) is 73.7 Å². The molecule has 186 valence electrons. The van der Waals surface area contributed by atoms with E-state index in [4.69, 9.17) is 9.84 Å². The molecule has 0 spiro atoms. The molecule has 1 aliphatic heterocycles. The van der Waals surface area contributed by atoms with Crippen molar-refractivity contribution in [3.05, 3.63) is 90.3 Å². The van der Waals surface area contributed by atoms with E-state index < -0.39 is 5.97 Å². The molecule has 0 aliphatic carbocycles. The monoisotopic (exact) mass is 494 g/mol. The molecule has 4 aromatic rings. The average molecular weight is 495 g/mol. The van der Waals surface area contributed by atoms with Crippen LogP contribution in [0.25, 0.3) is 22.2 Å². The number of rotatable bonds is 8. The Morgan fingerprint density at radius 3 is 2.22 bits per heavy atom. The fourth-order valence-electron chi connectivity index (χ4n) is 4.46. The molecular formula is C29H26N4O4. The van der Waals surface area contributed by atoms with Gasteiger partial charge in [0.1, 0.15) is 5.75 Å². The molecule has 1 N–H and O–H groups in total. The summed E-state index contributed by atoms with van der Waals surface area (Å²) in [5.74, 6) is -0.506. The molecule has 3 aromatic carbocycles. The molecule has 0 bridgehead atoms. The molecule has 1 atom stereocenters. The van der Waals surface area contributed by atoms with Crippen LogP contribution in [0, 0.1) is 0 Å². The van der Waals surface area contributed by atoms with E-state index >= 15 is 0 Å². The van der Waals surface area contributed by atoms with Crippen molar-refractivity contribution in [2.75, 3.05) is 6.61 Å². The van der Waals surface area contributed by atoms with Gasteiger partial charge in [0, 0.05) is 25.2 Å². The lowest BCUT2D eigenvalue weighted by Gasteiger charge is -2.22. The Balaban J connectivity index is 1.42. The van der Waals surface area contributed by atoms with Crippen LogP contribution in [0.15, 0.2) is 84.2 Å². The molecule has 1 amide bonds. The molecule has 0 radical (unpaired) electrons. The smallest absolute Gasteiger partial charge is 0.303 e. The van der Waals surface area contributed by atoms with Crippen LogP contribution in [0.4, 0.5) is 0 Å².